The molecule has 0 aliphatic heterocycles. The zero-order valence-electron chi connectivity index (χ0n) is 13.1. The lowest BCUT2D eigenvalue weighted by atomic mass is 10.2. The van der Waals surface area contributed by atoms with Crippen molar-refractivity contribution in [3.8, 4) is 17.1 Å². The number of fused-ring (bicyclic) bond motifs is 1. The van der Waals surface area contributed by atoms with Crippen molar-refractivity contribution in [2.24, 2.45) is 0 Å². The third-order valence-electron chi connectivity index (χ3n) is 3.68. The summed E-state index contributed by atoms with van der Waals surface area (Å²) in [4.78, 5) is 17.6. The van der Waals surface area contributed by atoms with Crippen LogP contribution in [0, 0.1) is 0 Å². The Labute approximate surface area is 151 Å². The zero-order valence-corrected chi connectivity index (χ0v) is 14.7. The van der Waals surface area contributed by atoms with Gasteiger partial charge in [0, 0.05) is 10.6 Å². The van der Waals surface area contributed by atoms with E-state index in [1.165, 1.54) is 15.9 Å². The first-order valence-electron chi connectivity index (χ1n) is 7.45. The van der Waals surface area contributed by atoms with Crippen molar-refractivity contribution >= 4 is 34.0 Å². The fourth-order valence-corrected chi connectivity index (χ4v) is 3.47. The van der Waals surface area contributed by atoms with Crippen molar-refractivity contribution in [2.45, 2.75) is 0 Å². The number of ether oxygens (including phenoxy) is 1. The average molecular weight is 370 g/mol. The molecule has 5 nitrogen and oxygen atoms in total. The minimum absolute atomic E-state index is 0.185. The van der Waals surface area contributed by atoms with Crippen LogP contribution in [0.4, 0.5) is 0 Å². The first-order chi connectivity index (χ1) is 12.1. The van der Waals surface area contributed by atoms with Crippen molar-refractivity contribution in [3.63, 3.8) is 0 Å². The lowest BCUT2D eigenvalue weighted by Gasteiger charge is -1.99. The van der Waals surface area contributed by atoms with Gasteiger partial charge in [-0.2, -0.15) is 9.50 Å². The number of aromatic nitrogens is 3. The van der Waals surface area contributed by atoms with Crippen molar-refractivity contribution < 1.29 is 4.74 Å². The van der Waals surface area contributed by atoms with Crippen molar-refractivity contribution in [1.29, 1.82) is 0 Å². The Hall–Kier alpha value is -2.70. The maximum absolute atomic E-state index is 12.6. The van der Waals surface area contributed by atoms with Gasteiger partial charge in [-0.05, 0) is 48.0 Å². The molecule has 124 valence electrons. The molecule has 2 aromatic carbocycles. The minimum atomic E-state index is -0.185. The Morgan fingerprint density at radius 3 is 2.72 bits per heavy atom. The van der Waals surface area contributed by atoms with Gasteiger partial charge in [0.15, 0.2) is 5.82 Å². The van der Waals surface area contributed by atoms with Gasteiger partial charge in [-0.25, -0.2) is 0 Å². The molecule has 0 aliphatic carbocycles. The molecule has 0 fully saturated rings. The van der Waals surface area contributed by atoms with E-state index in [-0.39, 0.29) is 5.56 Å². The Balaban J connectivity index is 1.79. The highest BCUT2D eigenvalue weighted by atomic mass is 35.5. The molecule has 0 radical (unpaired) electrons. The van der Waals surface area contributed by atoms with E-state index in [4.69, 9.17) is 16.3 Å². The fourth-order valence-electron chi connectivity index (χ4n) is 2.44. The molecule has 7 heteroatoms. The van der Waals surface area contributed by atoms with Crippen LogP contribution in [0.2, 0.25) is 5.02 Å². The Kier molecular flexibility index (Phi) is 3.99. The number of rotatable bonds is 3. The molecule has 2 aromatic heterocycles. The molecule has 2 heterocycles. The number of thiazole rings is 1. The molecule has 0 atom stereocenters. The summed E-state index contributed by atoms with van der Waals surface area (Å²) in [5.41, 5.74) is 1.52. The molecule has 25 heavy (non-hydrogen) atoms. The van der Waals surface area contributed by atoms with Crippen LogP contribution in [-0.4, -0.2) is 21.7 Å². The molecule has 0 aliphatic rings. The van der Waals surface area contributed by atoms with E-state index in [0.29, 0.717) is 20.3 Å². The number of methoxy groups -OCH3 is 1. The van der Waals surface area contributed by atoms with Crippen molar-refractivity contribution in [3.05, 3.63) is 74.0 Å². The zero-order chi connectivity index (χ0) is 17.4. The lowest BCUT2D eigenvalue weighted by Crippen LogP contribution is -2.23. The Bertz CT molecular complexity index is 1170. The summed E-state index contributed by atoms with van der Waals surface area (Å²) in [5.74, 6) is 1.25. The van der Waals surface area contributed by atoms with E-state index in [0.717, 1.165) is 16.9 Å². The number of nitrogens with zero attached hydrogens (tertiary/aromatic N) is 3. The number of benzene rings is 2. The summed E-state index contributed by atoms with van der Waals surface area (Å²) in [7, 11) is 1.61. The molecule has 0 spiro atoms. The SMILES string of the molecule is COc1cccc(C=c2sc3nc(-c4ccc(Cl)cc4)nn3c2=O)c1. The smallest absolute Gasteiger partial charge is 0.291 e. The van der Waals surface area contributed by atoms with Crippen LogP contribution in [0.15, 0.2) is 53.3 Å². The standard InChI is InChI=1S/C18H12ClN3O2S/c1-24-14-4-2-3-11(9-14)10-15-17(23)22-18(25-15)20-16(21-22)12-5-7-13(19)8-6-12/h2-10H,1H3. The second-order valence-corrected chi connectivity index (χ2v) is 6.77. The normalized spacial score (nSPS) is 12.0. The van der Waals surface area contributed by atoms with Crippen LogP contribution < -0.4 is 14.8 Å². The van der Waals surface area contributed by atoms with E-state index in [1.807, 2.05) is 42.5 Å². The van der Waals surface area contributed by atoms with Gasteiger partial charge in [-0.1, -0.05) is 35.1 Å². The molecule has 0 saturated heterocycles. The third kappa shape index (κ3) is 3.01. The van der Waals surface area contributed by atoms with Gasteiger partial charge >= 0.3 is 0 Å². The van der Waals surface area contributed by atoms with Gasteiger partial charge in [0.05, 0.1) is 11.6 Å². The highest BCUT2D eigenvalue weighted by Gasteiger charge is 2.11. The number of hydrogen-bond donors (Lipinski definition) is 0. The van der Waals surface area contributed by atoms with Gasteiger partial charge in [0.1, 0.15) is 5.75 Å². The Morgan fingerprint density at radius 1 is 1.20 bits per heavy atom. The quantitative estimate of drug-likeness (QED) is 0.557. The maximum Gasteiger partial charge on any atom is 0.291 e. The third-order valence-corrected chi connectivity index (χ3v) is 4.89. The molecule has 0 unspecified atom stereocenters. The van der Waals surface area contributed by atoms with Crippen LogP contribution in [-0.2, 0) is 0 Å². The average Bonchev–Trinajstić information content (AvgIpc) is 3.16. The lowest BCUT2D eigenvalue weighted by molar-refractivity contribution is 0.414. The van der Waals surface area contributed by atoms with Crippen molar-refractivity contribution in [2.75, 3.05) is 7.11 Å². The summed E-state index contributed by atoms with van der Waals surface area (Å²) in [6.07, 6.45) is 1.81. The summed E-state index contributed by atoms with van der Waals surface area (Å²) in [6.45, 7) is 0. The molecule has 0 saturated carbocycles. The topological polar surface area (TPSA) is 56.5 Å². The van der Waals surface area contributed by atoms with E-state index in [9.17, 15) is 4.79 Å². The van der Waals surface area contributed by atoms with Gasteiger partial charge in [-0.15, -0.1) is 5.10 Å². The first-order valence-corrected chi connectivity index (χ1v) is 8.65. The molecule has 4 rings (SSSR count). The second kappa shape index (κ2) is 6.31. The second-order valence-electron chi connectivity index (χ2n) is 5.33. The van der Waals surface area contributed by atoms with Crippen LogP contribution in [0.25, 0.3) is 22.4 Å². The largest absolute Gasteiger partial charge is 0.497 e. The van der Waals surface area contributed by atoms with E-state index < -0.39 is 0 Å². The first kappa shape index (κ1) is 15.8. The fraction of sp³-hybridized carbons (Fsp3) is 0.0556. The molecule has 0 amide bonds. The predicted octanol–water partition coefficient (Wildman–Crippen LogP) is 3.03. The molecular formula is C18H12ClN3O2S. The molecular weight excluding hydrogens is 358 g/mol. The van der Waals surface area contributed by atoms with Gasteiger partial charge < -0.3 is 4.74 Å². The summed E-state index contributed by atoms with van der Waals surface area (Å²) >= 11 is 7.20. The Morgan fingerprint density at radius 2 is 2.00 bits per heavy atom. The number of hydrogen-bond acceptors (Lipinski definition) is 5. The van der Waals surface area contributed by atoms with Crippen LogP contribution in [0.5, 0.6) is 5.75 Å². The summed E-state index contributed by atoms with van der Waals surface area (Å²) in [6, 6.07) is 14.7. The van der Waals surface area contributed by atoms with Gasteiger partial charge in [0.2, 0.25) is 4.96 Å². The van der Waals surface area contributed by atoms with E-state index in [2.05, 4.69) is 10.1 Å². The molecule has 4 aromatic rings. The highest BCUT2D eigenvalue weighted by Crippen LogP contribution is 2.19. The maximum atomic E-state index is 12.6. The summed E-state index contributed by atoms with van der Waals surface area (Å²) < 4.78 is 7.11. The summed E-state index contributed by atoms with van der Waals surface area (Å²) in [5, 5.41) is 4.97. The van der Waals surface area contributed by atoms with E-state index >= 15 is 0 Å². The van der Waals surface area contributed by atoms with Gasteiger partial charge in [-0.3, -0.25) is 4.79 Å². The van der Waals surface area contributed by atoms with Gasteiger partial charge in [0.25, 0.3) is 5.56 Å². The van der Waals surface area contributed by atoms with Crippen LogP contribution >= 0.6 is 22.9 Å². The predicted molar refractivity (Wildman–Crippen MR) is 99.4 cm³/mol. The molecule has 0 bridgehead atoms. The number of halogens is 1. The molecule has 0 N–H and O–H groups in total. The van der Waals surface area contributed by atoms with Crippen molar-refractivity contribution in [1.82, 2.24) is 14.6 Å². The minimum Gasteiger partial charge on any atom is -0.497 e. The highest BCUT2D eigenvalue weighted by molar-refractivity contribution is 7.15. The van der Waals surface area contributed by atoms with Crippen LogP contribution in [0.3, 0.4) is 0 Å². The van der Waals surface area contributed by atoms with E-state index in [1.54, 1.807) is 19.2 Å². The monoisotopic (exact) mass is 369 g/mol. The van der Waals surface area contributed by atoms with Crippen LogP contribution in [0.1, 0.15) is 5.56 Å².